The fourth-order valence-corrected chi connectivity index (χ4v) is 4.28. The lowest BCUT2D eigenvalue weighted by atomic mass is 9.86. The fraction of sp³-hybridized carbons (Fsp3) is 0.750. The summed E-state index contributed by atoms with van der Waals surface area (Å²) in [6.07, 6.45) is 4.30. The molecule has 0 aromatic carbocycles. The van der Waals surface area contributed by atoms with Gasteiger partial charge in [0.05, 0.1) is 24.5 Å². The number of carbonyl (C=O) groups is 1. The standard InChI is InChI=1S/C20H33N5O3/c1-15-17(13-21-20(22-15)23(2)3)19(27)25-7-6-18(16(14-25)5-4-10-26)24-8-11-28-12-9-24/h13,16,18,26H,4-12,14H2,1-3H3/t16-,18+/m1/s1. The SMILES string of the molecule is Cc1nc(N(C)C)ncc1C(=O)N1CC[C@H](N2CCOCC2)[C@H](CCCO)C1. The highest BCUT2D eigenvalue weighted by molar-refractivity contribution is 5.95. The van der Waals surface area contributed by atoms with E-state index >= 15 is 0 Å². The molecule has 156 valence electrons. The molecule has 0 aliphatic carbocycles. The van der Waals surface area contributed by atoms with Crippen LogP contribution in [0, 0.1) is 12.8 Å². The smallest absolute Gasteiger partial charge is 0.257 e. The molecule has 0 bridgehead atoms. The fourth-order valence-electron chi connectivity index (χ4n) is 4.28. The number of aromatic nitrogens is 2. The van der Waals surface area contributed by atoms with Crippen LogP contribution in [-0.2, 0) is 4.74 Å². The Kier molecular flexibility index (Phi) is 7.20. The quantitative estimate of drug-likeness (QED) is 0.768. The van der Waals surface area contributed by atoms with Crippen LogP contribution in [0.25, 0.3) is 0 Å². The number of ether oxygens (including phenoxy) is 1. The summed E-state index contributed by atoms with van der Waals surface area (Å²) in [7, 11) is 3.77. The monoisotopic (exact) mass is 391 g/mol. The Morgan fingerprint density at radius 1 is 1.32 bits per heavy atom. The van der Waals surface area contributed by atoms with Gasteiger partial charge in [0.2, 0.25) is 5.95 Å². The molecule has 0 unspecified atom stereocenters. The van der Waals surface area contributed by atoms with Crippen molar-refractivity contribution in [2.75, 3.05) is 65.0 Å². The van der Waals surface area contributed by atoms with Crippen LogP contribution in [-0.4, -0.2) is 96.9 Å². The number of aliphatic hydroxyl groups excluding tert-OH is 1. The van der Waals surface area contributed by atoms with E-state index in [1.54, 1.807) is 6.20 Å². The summed E-state index contributed by atoms with van der Waals surface area (Å²) >= 11 is 0. The zero-order valence-electron chi connectivity index (χ0n) is 17.3. The number of morpholine rings is 1. The number of hydrogen-bond acceptors (Lipinski definition) is 7. The second-order valence-electron chi connectivity index (χ2n) is 7.94. The predicted molar refractivity (Wildman–Crippen MR) is 108 cm³/mol. The third kappa shape index (κ3) is 4.79. The summed E-state index contributed by atoms with van der Waals surface area (Å²) in [5.41, 5.74) is 1.29. The maximum absolute atomic E-state index is 13.2. The number of piperidine rings is 1. The zero-order valence-corrected chi connectivity index (χ0v) is 17.3. The number of nitrogens with zero attached hydrogens (tertiary/aromatic N) is 5. The highest BCUT2D eigenvalue weighted by atomic mass is 16.5. The number of anilines is 1. The van der Waals surface area contributed by atoms with Crippen LogP contribution in [0.4, 0.5) is 5.95 Å². The maximum Gasteiger partial charge on any atom is 0.257 e. The molecule has 2 saturated heterocycles. The van der Waals surface area contributed by atoms with Gasteiger partial charge in [0, 0.05) is 59.1 Å². The van der Waals surface area contributed by atoms with Gasteiger partial charge in [-0.2, -0.15) is 0 Å². The highest BCUT2D eigenvalue weighted by Crippen LogP contribution is 2.28. The molecule has 0 radical (unpaired) electrons. The summed E-state index contributed by atoms with van der Waals surface area (Å²) < 4.78 is 5.50. The first-order chi connectivity index (χ1) is 13.5. The first kappa shape index (κ1) is 21.0. The van der Waals surface area contributed by atoms with E-state index < -0.39 is 0 Å². The summed E-state index contributed by atoms with van der Waals surface area (Å²) in [5, 5.41) is 9.32. The van der Waals surface area contributed by atoms with Crippen LogP contribution < -0.4 is 4.90 Å². The van der Waals surface area contributed by atoms with Crippen LogP contribution in [0.15, 0.2) is 6.20 Å². The Balaban J connectivity index is 1.71. The molecule has 28 heavy (non-hydrogen) atoms. The van der Waals surface area contributed by atoms with Gasteiger partial charge < -0.3 is 19.6 Å². The molecular formula is C20H33N5O3. The molecular weight excluding hydrogens is 358 g/mol. The minimum Gasteiger partial charge on any atom is -0.396 e. The minimum absolute atomic E-state index is 0.0113. The van der Waals surface area contributed by atoms with Gasteiger partial charge in [-0.3, -0.25) is 9.69 Å². The third-order valence-electron chi connectivity index (χ3n) is 5.83. The van der Waals surface area contributed by atoms with Gasteiger partial charge >= 0.3 is 0 Å². The molecule has 3 heterocycles. The summed E-state index contributed by atoms with van der Waals surface area (Å²) in [6.45, 7) is 6.98. The first-order valence-corrected chi connectivity index (χ1v) is 10.2. The Hall–Kier alpha value is -1.77. The van der Waals surface area contributed by atoms with E-state index in [-0.39, 0.29) is 12.5 Å². The predicted octanol–water partition coefficient (Wildman–Crippen LogP) is 0.786. The van der Waals surface area contributed by atoms with E-state index in [0.717, 1.165) is 58.7 Å². The van der Waals surface area contributed by atoms with Gasteiger partial charge in [0.15, 0.2) is 0 Å². The van der Waals surface area contributed by atoms with E-state index in [4.69, 9.17) is 4.74 Å². The lowest BCUT2D eigenvalue weighted by molar-refractivity contribution is -0.0196. The van der Waals surface area contributed by atoms with Crippen molar-refractivity contribution < 1.29 is 14.6 Å². The largest absolute Gasteiger partial charge is 0.396 e. The van der Waals surface area contributed by atoms with E-state index in [1.807, 2.05) is 30.8 Å². The molecule has 2 atom stereocenters. The van der Waals surface area contributed by atoms with Gasteiger partial charge in [-0.1, -0.05) is 0 Å². The minimum atomic E-state index is 0.0113. The molecule has 2 aliphatic heterocycles. The number of hydrogen-bond donors (Lipinski definition) is 1. The Morgan fingerprint density at radius 2 is 2.07 bits per heavy atom. The van der Waals surface area contributed by atoms with Crippen molar-refractivity contribution in [3.05, 3.63) is 17.5 Å². The van der Waals surface area contributed by atoms with Crippen molar-refractivity contribution in [1.82, 2.24) is 19.8 Å². The Morgan fingerprint density at radius 3 is 2.71 bits per heavy atom. The average molecular weight is 392 g/mol. The van der Waals surface area contributed by atoms with E-state index in [9.17, 15) is 9.90 Å². The highest BCUT2D eigenvalue weighted by Gasteiger charge is 2.35. The molecule has 1 N–H and O–H groups in total. The summed E-state index contributed by atoms with van der Waals surface area (Å²) in [5.74, 6) is 0.989. The molecule has 3 rings (SSSR count). The normalized spacial score (nSPS) is 23.6. The molecule has 2 fully saturated rings. The lowest BCUT2D eigenvalue weighted by Gasteiger charge is -2.45. The molecule has 8 heteroatoms. The van der Waals surface area contributed by atoms with Crippen molar-refractivity contribution in [2.45, 2.75) is 32.2 Å². The van der Waals surface area contributed by atoms with Crippen LogP contribution >= 0.6 is 0 Å². The van der Waals surface area contributed by atoms with Crippen molar-refractivity contribution in [1.29, 1.82) is 0 Å². The van der Waals surface area contributed by atoms with Crippen molar-refractivity contribution in [2.24, 2.45) is 5.92 Å². The van der Waals surface area contributed by atoms with Crippen molar-refractivity contribution in [3.8, 4) is 0 Å². The number of rotatable bonds is 6. The van der Waals surface area contributed by atoms with E-state index in [0.29, 0.717) is 29.2 Å². The average Bonchev–Trinajstić information content (AvgIpc) is 2.72. The topological polar surface area (TPSA) is 82.0 Å². The molecule has 2 aliphatic rings. The van der Waals surface area contributed by atoms with Crippen molar-refractivity contribution in [3.63, 3.8) is 0 Å². The summed E-state index contributed by atoms with van der Waals surface area (Å²) in [6, 6.07) is 0.452. The Labute approximate surface area is 167 Å². The van der Waals surface area contributed by atoms with Crippen LogP contribution in [0.2, 0.25) is 0 Å². The van der Waals surface area contributed by atoms with Crippen LogP contribution in [0.5, 0.6) is 0 Å². The van der Waals surface area contributed by atoms with Gasteiger partial charge in [0.25, 0.3) is 5.91 Å². The third-order valence-corrected chi connectivity index (χ3v) is 5.83. The van der Waals surface area contributed by atoms with Crippen molar-refractivity contribution >= 4 is 11.9 Å². The first-order valence-electron chi connectivity index (χ1n) is 10.2. The number of aryl methyl sites for hydroxylation is 1. The zero-order chi connectivity index (χ0) is 20.1. The second-order valence-corrected chi connectivity index (χ2v) is 7.94. The van der Waals surface area contributed by atoms with E-state index in [2.05, 4.69) is 14.9 Å². The number of carbonyl (C=O) groups excluding carboxylic acids is 1. The lowest BCUT2D eigenvalue weighted by Crippen LogP contribution is -2.55. The second kappa shape index (κ2) is 9.62. The number of aliphatic hydroxyl groups is 1. The molecule has 8 nitrogen and oxygen atoms in total. The number of likely N-dealkylation sites (tertiary alicyclic amines) is 1. The van der Waals surface area contributed by atoms with Gasteiger partial charge in [-0.15, -0.1) is 0 Å². The molecule has 0 saturated carbocycles. The molecule has 0 spiro atoms. The van der Waals surface area contributed by atoms with Crippen LogP contribution in [0.1, 0.15) is 35.3 Å². The molecule has 1 amide bonds. The number of amides is 1. The Bertz CT molecular complexity index is 663. The van der Waals surface area contributed by atoms with Gasteiger partial charge in [-0.25, -0.2) is 9.97 Å². The summed E-state index contributed by atoms with van der Waals surface area (Å²) in [4.78, 5) is 28.2. The van der Waals surface area contributed by atoms with E-state index in [1.165, 1.54) is 0 Å². The maximum atomic E-state index is 13.2. The van der Waals surface area contributed by atoms with Crippen LogP contribution in [0.3, 0.4) is 0 Å². The molecule has 1 aromatic rings. The van der Waals surface area contributed by atoms with Gasteiger partial charge in [-0.05, 0) is 32.1 Å². The van der Waals surface area contributed by atoms with Gasteiger partial charge in [0.1, 0.15) is 0 Å². The molecule has 1 aromatic heterocycles.